The number of hydrogen-bond donors (Lipinski definition) is 1. The number of allylic oxidation sites excluding steroid dienone is 1. The molecule has 33 heavy (non-hydrogen) atoms. The highest BCUT2D eigenvalue weighted by Gasteiger charge is 2.21. The zero-order chi connectivity index (χ0) is 23.3. The molecule has 0 spiro atoms. The van der Waals surface area contributed by atoms with Gasteiger partial charge in [-0.1, -0.05) is 77.4 Å². The van der Waals surface area contributed by atoms with Crippen molar-refractivity contribution in [2.24, 2.45) is 11.1 Å². The molecule has 0 unspecified atom stereocenters. The lowest BCUT2D eigenvalue weighted by molar-refractivity contribution is 0.118. The van der Waals surface area contributed by atoms with Crippen molar-refractivity contribution in [2.75, 3.05) is 12.9 Å². The van der Waals surface area contributed by atoms with Crippen LogP contribution in [0.2, 0.25) is 5.02 Å². The molecule has 2 atom stereocenters. The summed E-state index contributed by atoms with van der Waals surface area (Å²) < 4.78 is 5.43. The number of aliphatic hydroxyl groups excluding tert-OH is 1. The first-order valence-electron chi connectivity index (χ1n) is 10.7. The lowest BCUT2D eigenvalue weighted by Gasteiger charge is -2.20. The summed E-state index contributed by atoms with van der Waals surface area (Å²) in [6, 6.07) is 25.1. The van der Waals surface area contributed by atoms with E-state index in [0.29, 0.717) is 18.8 Å². The molecule has 0 saturated heterocycles. The van der Waals surface area contributed by atoms with Crippen molar-refractivity contribution in [1.82, 2.24) is 0 Å². The quantitative estimate of drug-likeness (QED) is 0.132. The Hall–Kier alpha value is -2.73. The minimum absolute atomic E-state index is 0.270. The van der Waals surface area contributed by atoms with E-state index < -0.39 is 6.10 Å². The highest BCUT2D eigenvalue weighted by molar-refractivity contribution is 7.99. The molecule has 0 saturated carbocycles. The molecule has 0 aromatic heterocycles. The fourth-order valence-corrected chi connectivity index (χ4v) is 4.10. The van der Waals surface area contributed by atoms with Crippen LogP contribution in [0.5, 0.6) is 5.75 Å². The Balaban J connectivity index is 1.62. The molecule has 172 valence electrons. The zero-order valence-corrected chi connectivity index (χ0v) is 20.1. The molecule has 0 fully saturated rings. The van der Waals surface area contributed by atoms with Crippen molar-refractivity contribution in [1.29, 1.82) is 0 Å². The highest BCUT2D eigenvalue weighted by Crippen LogP contribution is 2.31. The van der Waals surface area contributed by atoms with Crippen molar-refractivity contribution in [2.45, 2.75) is 24.0 Å². The smallest absolute Gasteiger partial charge is 0.142 e. The average Bonchev–Trinajstić information content (AvgIpc) is 2.86. The summed E-state index contributed by atoms with van der Waals surface area (Å²) in [6.45, 7) is 0.377. The summed E-state index contributed by atoms with van der Waals surface area (Å²) in [6.07, 6.45) is 5.67. The molecular weight excluding hydrogens is 454 g/mol. The predicted molar refractivity (Wildman–Crippen MR) is 137 cm³/mol. The molecule has 0 radical (unpaired) electrons. The van der Waals surface area contributed by atoms with E-state index in [1.165, 1.54) is 0 Å². The molecule has 1 N–H and O–H groups in total. The Labute approximate surface area is 204 Å². The van der Waals surface area contributed by atoms with E-state index in [0.717, 1.165) is 26.8 Å². The van der Waals surface area contributed by atoms with Gasteiger partial charge in [-0.05, 0) is 42.3 Å². The van der Waals surface area contributed by atoms with Gasteiger partial charge >= 0.3 is 0 Å². The van der Waals surface area contributed by atoms with E-state index in [1.54, 1.807) is 25.1 Å². The SMILES string of the molecule is COc1ccccc1[C@@H](O)[C@@H](/C=N/OCc1ccccc1)C/C=C/CSc1ccc(Cl)cc1. The molecule has 3 aromatic rings. The van der Waals surface area contributed by atoms with E-state index in [2.05, 4.69) is 17.3 Å². The van der Waals surface area contributed by atoms with Crippen LogP contribution in [0.25, 0.3) is 0 Å². The predicted octanol–water partition coefficient (Wildman–Crippen LogP) is 6.94. The molecule has 0 aliphatic heterocycles. The average molecular weight is 482 g/mol. The number of ether oxygens (including phenoxy) is 1. The summed E-state index contributed by atoms with van der Waals surface area (Å²) in [5, 5.41) is 16.0. The number of rotatable bonds is 12. The maximum atomic E-state index is 11.1. The van der Waals surface area contributed by atoms with Crippen molar-refractivity contribution < 1.29 is 14.7 Å². The van der Waals surface area contributed by atoms with Crippen LogP contribution < -0.4 is 4.74 Å². The zero-order valence-electron chi connectivity index (χ0n) is 18.5. The number of aliphatic hydroxyl groups is 1. The van der Waals surface area contributed by atoms with Crippen molar-refractivity contribution in [3.05, 3.63) is 107 Å². The molecule has 0 amide bonds. The summed E-state index contributed by atoms with van der Waals surface area (Å²) in [5.74, 6) is 1.20. The van der Waals surface area contributed by atoms with Crippen LogP contribution in [0.4, 0.5) is 0 Å². The molecule has 0 aliphatic carbocycles. The van der Waals surface area contributed by atoms with Crippen molar-refractivity contribution in [3.8, 4) is 5.75 Å². The molecule has 3 rings (SSSR count). The Kier molecular flexibility index (Phi) is 10.4. The van der Waals surface area contributed by atoms with Crippen molar-refractivity contribution in [3.63, 3.8) is 0 Å². The van der Waals surface area contributed by atoms with E-state index >= 15 is 0 Å². The van der Waals surface area contributed by atoms with Crippen LogP contribution in [-0.2, 0) is 11.4 Å². The van der Waals surface area contributed by atoms with Gasteiger partial charge in [0.25, 0.3) is 0 Å². The van der Waals surface area contributed by atoms with Crippen molar-refractivity contribution >= 4 is 29.6 Å². The second kappa shape index (κ2) is 13.7. The van der Waals surface area contributed by atoms with Crippen LogP contribution in [0.3, 0.4) is 0 Å². The van der Waals surface area contributed by atoms with E-state index in [1.807, 2.05) is 78.9 Å². The topological polar surface area (TPSA) is 51.0 Å². The summed E-state index contributed by atoms with van der Waals surface area (Å²) in [7, 11) is 1.60. The lowest BCUT2D eigenvalue weighted by atomic mass is 9.93. The largest absolute Gasteiger partial charge is 0.496 e. The third-order valence-electron chi connectivity index (χ3n) is 5.00. The third-order valence-corrected chi connectivity index (χ3v) is 6.22. The van der Waals surface area contributed by atoms with Crippen LogP contribution in [0.1, 0.15) is 23.7 Å². The second-order valence-electron chi connectivity index (χ2n) is 7.34. The maximum Gasteiger partial charge on any atom is 0.142 e. The molecule has 0 heterocycles. The second-order valence-corrected chi connectivity index (χ2v) is 8.87. The minimum Gasteiger partial charge on any atom is -0.496 e. The summed E-state index contributed by atoms with van der Waals surface area (Å²) in [5.41, 5.74) is 1.76. The first-order valence-corrected chi connectivity index (χ1v) is 12.1. The van der Waals surface area contributed by atoms with Gasteiger partial charge in [0.2, 0.25) is 0 Å². The van der Waals surface area contributed by atoms with Crippen LogP contribution >= 0.6 is 23.4 Å². The van der Waals surface area contributed by atoms with Gasteiger partial charge < -0.3 is 14.7 Å². The number of thioether (sulfide) groups is 1. The first-order chi connectivity index (χ1) is 16.2. The van der Waals surface area contributed by atoms with Gasteiger partial charge in [0, 0.05) is 27.2 Å². The Morgan fingerprint density at radius 1 is 0.970 bits per heavy atom. The molecule has 6 heteroatoms. The monoisotopic (exact) mass is 481 g/mol. The molecule has 3 aromatic carbocycles. The number of hydrogen-bond acceptors (Lipinski definition) is 5. The van der Waals surface area contributed by atoms with Crippen LogP contribution in [0, 0.1) is 5.92 Å². The van der Waals surface area contributed by atoms with Gasteiger partial charge in [-0.3, -0.25) is 0 Å². The fourth-order valence-electron chi connectivity index (χ4n) is 3.22. The van der Waals surface area contributed by atoms with E-state index in [4.69, 9.17) is 21.2 Å². The minimum atomic E-state index is -0.779. The Morgan fingerprint density at radius 2 is 1.70 bits per heavy atom. The molecule has 0 aliphatic rings. The highest BCUT2D eigenvalue weighted by atomic mass is 35.5. The van der Waals surface area contributed by atoms with E-state index in [9.17, 15) is 5.11 Å². The standard InChI is InChI=1S/C27H28ClNO3S/c1-31-26-13-6-5-12-25(26)27(30)22(19-29-32-20-21-9-3-2-4-10-21)11-7-8-18-33-24-16-14-23(28)15-17-24/h2-10,12-17,19,22,27,30H,11,18,20H2,1H3/b8-7+,29-19+/t22-,27+/m1/s1. The van der Waals surface area contributed by atoms with Gasteiger partial charge in [0.05, 0.1) is 19.4 Å². The molecule has 0 bridgehead atoms. The van der Waals surface area contributed by atoms with Gasteiger partial charge in [-0.15, -0.1) is 11.8 Å². The normalized spacial score (nSPS) is 13.3. The number of oxime groups is 1. The van der Waals surface area contributed by atoms with Gasteiger partial charge in [0.15, 0.2) is 0 Å². The lowest BCUT2D eigenvalue weighted by Crippen LogP contribution is -2.15. The third kappa shape index (κ3) is 8.28. The molecule has 4 nitrogen and oxygen atoms in total. The number of halogens is 1. The Morgan fingerprint density at radius 3 is 2.45 bits per heavy atom. The number of benzene rings is 3. The number of methoxy groups -OCH3 is 1. The van der Waals surface area contributed by atoms with Crippen LogP contribution in [-0.4, -0.2) is 24.2 Å². The fraction of sp³-hybridized carbons (Fsp3) is 0.222. The number of para-hydroxylation sites is 1. The molecular formula is C27H28ClNO3S. The first kappa shape index (κ1) is 24.9. The van der Waals surface area contributed by atoms with Gasteiger partial charge in [0.1, 0.15) is 12.4 Å². The Bertz CT molecular complexity index is 1030. The summed E-state index contributed by atoms with van der Waals surface area (Å²) >= 11 is 7.66. The van der Waals surface area contributed by atoms with Crippen LogP contribution in [0.15, 0.2) is 101 Å². The number of nitrogens with zero attached hydrogens (tertiary/aromatic N) is 1. The van der Waals surface area contributed by atoms with Gasteiger partial charge in [-0.2, -0.15) is 0 Å². The van der Waals surface area contributed by atoms with E-state index in [-0.39, 0.29) is 5.92 Å². The maximum absolute atomic E-state index is 11.1. The van der Waals surface area contributed by atoms with Gasteiger partial charge in [-0.25, -0.2) is 0 Å². The summed E-state index contributed by atoms with van der Waals surface area (Å²) in [4.78, 5) is 6.63.